The molecule has 0 aliphatic heterocycles. The number of hydrogen-bond acceptors (Lipinski definition) is 3. The Labute approximate surface area is 136 Å². The minimum absolute atomic E-state index is 0.145. The Bertz CT molecular complexity index is 544. The van der Waals surface area contributed by atoms with Gasteiger partial charge in [0, 0.05) is 13.6 Å². The molecule has 1 rings (SSSR count). The van der Waals surface area contributed by atoms with Crippen LogP contribution in [0.15, 0.2) is 18.2 Å². The van der Waals surface area contributed by atoms with Gasteiger partial charge < -0.3 is 10.0 Å². The molecule has 1 amide bonds. The van der Waals surface area contributed by atoms with Crippen molar-refractivity contribution in [1.29, 1.82) is 0 Å². The van der Waals surface area contributed by atoms with Gasteiger partial charge >= 0.3 is 0 Å². The summed E-state index contributed by atoms with van der Waals surface area (Å²) in [6.45, 7) is 8.22. The fraction of sp³-hybridized carbons (Fsp3) is 0.588. The topological polar surface area (TPSA) is 43.8 Å². The van der Waals surface area contributed by atoms with Crippen LogP contribution in [0.25, 0.3) is 0 Å². The molecule has 23 heavy (non-hydrogen) atoms. The van der Waals surface area contributed by atoms with Crippen LogP contribution in [0, 0.1) is 11.6 Å². The van der Waals surface area contributed by atoms with Crippen LogP contribution >= 0.6 is 0 Å². The molecule has 0 aromatic heterocycles. The molecule has 130 valence electrons. The normalized spacial score (nSPS) is 13.3. The zero-order valence-corrected chi connectivity index (χ0v) is 14.4. The molecule has 0 radical (unpaired) electrons. The molecule has 0 aliphatic rings. The largest absolute Gasteiger partial charge is 0.389 e. The summed E-state index contributed by atoms with van der Waals surface area (Å²) < 4.78 is 26.4. The fourth-order valence-corrected chi connectivity index (χ4v) is 2.34. The van der Waals surface area contributed by atoms with E-state index >= 15 is 0 Å². The van der Waals surface area contributed by atoms with Crippen LogP contribution in [0.5, 0.6) is 0 Å². The van der Waals surface area contributed by atoms with E-state index in [-0.39, 0.29) is 18.5 Å². The van der Waals surface area contributed by atoms with Gasteiger partial charge in [0.1, 0.15) is 0 Å². The highest BCUT2D eigenvalue weighted by Crippen LogP contribution is 2.21. The highest BCUT2D eigenvalue weighted by molar-refractivity contribution is 5.78. The Morgan fingerprint density at radius 2 is 1.91 bits per heavy atom. The van der Waals surface area contributed by atoms with Crippen LogP contribution < -0.4 is 0 Å². The van der Waals surface area contributed by atoms with Crippen LogP contribution in [0.4, 0.5) is 8.78 Å². The Balaban J connectivity index is 2.76. The van der Waals surface area contributed by atoms with Crippen LogP contribution in [0.2, 0.25) is 0 Å². The third-order valence-corrected chi connectivity index (χ3v) is 3.82. The van der Waals surface area contributed by atoms with Crippen molar-refractivity contribution in [2.24, 2.45) is 0 Å². The van der Waals surface area contributed by atoms with E-state index in [9.17, 15) is 18.7 Å². The molecule has 0 heterocycles. The summed E-state index contributed by atoms with van der Waals surface area (Å²) in [5, 5.41) is 9.87. The van der Waals surface area contributed by atoms with Gasteiger partial charge in [0.2, 0.25) is 5.91 Å². The molecule has 0 bridgehead atoms. The maximum Gasteiger partial charge on any atom is 0.236 e. The number of carbonyl (C=O) groups excluding carboxylic acids is 1. The van der Waals surface area contributed by atoms with Gasteiger partial charge in [-0.25, -0.2) is 8.78 Å². The molecule has 1 atom stereocenters. The fourth-order valence-electron chi connectivity index (χ4n) is 2.34. The minimum Gasteiger partial charge on any atom is -0.389 e. The van der Waals surface area contributed by atoms with Crippen LogP contribution in [-0.2, 0) is 4.79 Å². The van der Waals surface area contributed by atoms with Crippen molar-refractivity contribution < 1.29 is 18.7 Å². The second-order valence-electron chi connectivity index (χ2n) is 6.47. The summed E-state index contributed by atoms with van der Waals surface area (Å²) in [4.78, 5) is 15.7. The number of amides is 1. The maximum atomic E-state index is 13.3. The first kappa shape index (κ1) is 19.5. The smallest absolute Gasteiger partial charge is 0.236 e. The molecule has 0 spiro atoms. The first-order valence-corrected chi connectivity index (χ1v) is 7.70. The zero-order chi connectivity index (χ0) is 17.8. The van der Waals surface area contributed by atoms with Gasteiger partial charge in [0.05, 0.1) is 18.2 Å². The van der Waals surface area contributed by atoms with E-state index in [0.29, 0.717) is 18.7 Å². The van der Waals surface area contributed by atoms with E-state index in [1.165, 1.54) is 11.0 Å². The lowest BCUT2D eigenvalue weighted by Crippen LogP contribution is -2.44. The molecule has 0 fully saturated rings. The molecule has 0 saturated carbocycles. The molecule has 6 heteroatoms. The minimum atomic E-state index is -0.924. The first-order chi connectivity index (χ1) is 10.5. The summed E-state index contributed by atoms with van der Waals surface area (Å²) in [6, 6.07) is 3.27. The van der Waals surface area contributed by atoms with Crippen molar-refractivity contribution in [2.45, 2.75) is 39.3 Å². The molecular weight excluding hydrogens is 302 g/mol. The van der Waals surface area contributed by atoms with Crippen LogP contribution in [-0.4, -0.2) is 53.1 Å². The van der Waals surface area contributed by atoms with Gasteiger partial charge in [-0.05, 0) is 45.0 Å². The SMILES string of the molecule is CCN(CC(=O)N(C)C(C)c1ccc(F)c(F)c1)CC(C)(C)O. The Hall–Kier alpha value is -1.53. The van der Waals surface area contributed by atoms with E-state index in [0.717, 1.165) is 12.1 Å². The van der Waals surface area contributed by atoms with Gasteiger partial charge in [-0.1, -0.05) is 13.0 Å². The highest BCUT2D eigenvalue weighted by Gasteiger charge is 2.23. The van der Waals surface area contributed by atoms with Crippen molar-refractivity contribution in [1.82, 2.24) is 9.80 Å². The third-order valence-electron chi connectivity index (χ3n) is 3.82. The van der Waals surface area contributed by atoms with Gasteiger partial charge in [-0.15, -0.1) is 0 Å². The maximum absolute atomic E-state index is 13.3. The van der Waals surface area contributed by atoms with Crippen molar-refractivity contribution in [2.75, 3.05) is 26.7 Å². The molecule has 1 aromatic carbocycles. The molecule has 0 saturated heterocycles. The summed E-state index contributed by atoms with van der Waals surface area (Å²) in [6.07, 6.45) is 0. The van der Waals surface area contributed by atoms with Gasteiger partial charge in [-0.3, -0.25) is 9.69 Å². The van der Waals surface area contributed by atoms with Gasteiger partial charge in [0.25, 0.3) is 0 Å². The highest BCUT2D eigenvalue weighted by atomic mass is 19.2. The average molecular weight is 328 g/mol. The monoisotopic (exact) mass is 328 g/mol. The predicted octanol–water partition coefficient (Wildman–Crippen LogP) is 2.58. The summed E-state index contributed by atoms with van der Waals surface area (Å²) in [5.74, 6) is -1.97. The second-order valence-corrected chi connectivity index (χ2v) is 6.47. The summed E-state index contributed by atoms with van der Waals surface area (Å²) in [7, 11) is 1.63. The number of nitrogens with zero attached hydrogens (tertiary/aromatic N) is 2. The standard InChI is InChI=1S/C17H26F2N2O2/c1-6-21(11-17(3,4)23)10-16(22)20(5)12(2)13-7-8-14(18)15(19)9-13/h7-9,12,23H,6,10-11H2,1-5H3. The van der Waals surface area contributed by atoms with Gasteiger partial charge in [-0.2, -0.15) is 0 Å². The van der Waals surface area contributed by atoms with Crippen molar-refractivity contribution in [3.63, 3.8) is 0 Å². The average Bonchev–Trinajstić information content (AvgIpc) is 2.46. The second kappa shape index (κ2) is 7.84. The van der Waals surface area contributed by atoms with Crippen LogP contribution in [0.3, 0.4) is 0 Å². The lowest BCUT2D eigenvalue weighted by atomic mass is 10.1. The predicted molar refractivity (Wildman–Crippen MR) is 86.0 cm³/mol. The summed E-state index contributed by atoms with van der Waals surface area (Å²) >= 11 is 0. The van der Waals surface area contributed by atoms with E-state index in [4.69, 9.17) is 0 Å². The first-order valence-electron chi connectivity index (χ1n) is 7.70. The Kier molecular flexibility index (Phi) is 6.65. The number of rotatable bonds is 7. The lowest BCUT2D eigenvalue weighted by molar-refractivity contribution is -0.133. The quantitative estimate of drug-likeness (QED) is 0.837. The number of hydrogen-bond donors (Lipinski definition) is 1. The summed E-state index contributed by atoms with van der Waals surface area (Å²) in [5.41, 5.74) is -0.356. The Morgan fingerprint density at radius 1 is 1.30 bits per heavy atom. The van der Waals surface area contributed by atoms with Crippen molar-refractivity contribution >= 4 is 5.91 Å². The number of carbonyl (C=O) groups is 1. The van der Waals surface area contributed by atoms with E-state index < -0.39 is 17.2 Å². The van der Waals surface area contributed by atoms with E-state index in [2.05, 4.69) is 0 Å². The number of benzene rings is 1. The van der Waals surface area contributed by atoms with Gasteiger partial charge in [0.15, 0.2) is 11.6 Å². The van der Waals surface area contributed by atoms with E-state index in [1.807, 2.05) is 11.8 Å². The number of aliphatic hydroxyl groups is 1. The molecule has 0 aliphatic carbocycles. The van der Waals surface area contributed by atoms with E-state index in [1.54, 1.807) is 27.8 Å². The van der Waals surface area contributed by atoms with Crippen LogP contribution in [0.1, 0.15) is 39.3 Å². The molecule has 1 aromatic rings. The molecule has 1 N–H and O–H groups in total. The number of halogens is 2. The molecule has 1 unspecified atom stereocenters. The Morgan fingerprint density at radius 3 is 2.39 bits per heavy atom. The zero-order valence-electron chi connectivity index (χ0n) is 14.4. The third kappa shape index (κ3) is 5.88. The van der Waals surface area contributed by atoms with Crippen molar-refractivity contribution in [3.8, 4) is 0 Å². The molecule has 4 nitrogen and oxygen atoms in total. The van der Waals surface area contributed by atoms with Crippen molar-refractivity contribution in [3.05, 3.63) is 35.4 Å². The number of likely N-dealkylation sites (N-methyl/N-ethyl adjacent to an activating group) is 2. The lowest BCUT2D eigenvalue weighted by Gasteiger charge is -2.31. The molecular formula is C17H26F2N2O2.